The van der Waals surface area contributed by atoms with Crippen LogP contribution in [0, 0.1) is 0 Å². The van der Waals surface area contributed by atoms with E-state index in [1.807, 2.05) is 12.4 Å². The molecule has 0 atom stereocenters. The van der Waals surface area contributed by atoms with Crippen LogP contribution in [0.4, 0.5) is 0 Å². The van der Waals surface area contributed by atoms with Crippen molar-refractivity contribution in [1.29, 1.82) is 0 Å². The molecule has 0 spiro atoms. The molecule has 0 amide bonds. The van der Waals surface area contributed by atoms with Gasteiger partial charge in [0, 0.05) is 35.4 Å². The molecule has 2 rings (SSSR count). The van der Waals surface area contributed by atoms with Gasteiger partial charge in [-0.3, -0.25) is 4.99 Å². The fourth-order valence-electron chi connectivity index (χ4n) is 2.35. The molecule has 1 aromatic heterocycles. The van der Waals surface area contributed by atoms with Crippen LogP contribution >= 0.6 is 0 Å². The monoisotopic (exact) mass is 256 g/mol. The van der Waals surface area contributed by atoms with Crippen LogP contribution in [-0.4, -0.2) is 17.7 Å². The molecular formula is C17H24N2. The van der Waals surface area contributed by atoms with Gasteiger partial charge >= 0.3 is 0 Å². The lowest BCUT2D eigenvalue weighted by Gasteiger charge is -1.97. The average Bonchev–Trinajstić information content (AvgIpc) is 2.85. The Balaban J connectivity index is 1.74. The topological polar surface area (TPSA) is 28.1 Å². The minimum atomic E-state index is 0.950. The van der Waals surface area contributed by atoms with E-state index < -0.39 is 0 Å². The first-order valence-corrected chi connectivity index (χ1v) is 7.47. The summed E-state index contributed by atoms with van der Waals surface area (Å²) in [5.74, 6) is 0. The lowest BCUT2D eigenvalue weighted by atomic mass is 10.1. The number of aliphatic imine (C=N–C) groups is 1. The molecule has 0 saturated carbocycles. The van der Waals surface area contributed by atoms with Crippen LogP contribution in [0.1, 0.15) is 51.0 Å². The molecule has 102 valence electrons. The molecule has 19 heavy (non-hydrogen) atoms. The Morgan fingerprint density at radius 3 is 2.74 bits per heavy atom. The van der Waals surface area contributed by atoms with Gasteiger partial charge in [0.2, 0.25) is 0 Å². The molecule has 1 N–H and O–H groups in total. The number of aromatic nitrogens is 1. The molecule has 0 aliphatic heterocycles. The highest BCUT2D eigenvalue weighted by atomic mass is 14.7. The fourth-order valence-corrected chi connectivity index (χ4v) is 2.35. The highest BCUT2D eigenvalue weighted by Crippen LogP contribution is 2.15. The number of hydrogen-bond acceptors (Lipinski definition) is 1. The zero-order valence-electron chi connectivity index (χ0n) is 11.9. The maximum Gasteiger partial charge on any atom is 0.0460 e. The minimum absolute atomic E-state index is 0.950. The van der Waals surface area contributed by atoms with Gasteiger partial charge in [0.25, 0.3) is 0 Å². The zero-order chi connectivity index (χ0) is 13.3. The van der Waals surface area contributed by atoms with Crippen LogP contribution in [0.3, 0.4) is 0 Å². The maximum absolute atomic E-state index is 4.54. The Morgan fingerprint density at radius 1 is 1.05 bits per heavy atom. The van der Waals surface area contributed by atoms with E-state index in [-0.39, 0.29) is 0 Å². The first-order chi connectivity index (χ1) is 9.42. The summed E-state index contributed by atoms with van der Waals surface area (Å²) in [6.45, 7) is 3.21. The second kappa shape index (κ2) is 7.78. The summed E-state index contributed by atoms with van der Waals surface area (Å²) in [5, 5.41) is 1.26. The smallest absolute Gasteiger partial charge is 0.0460 e. The van der Waals surface area contributed by atoms with Crippen molar-refractivity contribution in [2.75, 3.05) is 6.54 Å². The number of rotatable bonds is 8. The molecule has 1 aromatic carbocycles. The average molecular weight is 256 g/mol. The summed E-state index contributed by atoms with van der Waals surface area (Å²) >= 11 is 0. The summed E-state index contributed by atoms with van der Waals surface area (Å²) in [6.07, 6.45) is 12.0. The molecule has 0 radical (unpaired) electrons. The number of fused-ring (bicyclic) bond motifs is 1. The van der Waals surface area contributed by atoms with Gasteiger partial charge in [-0.15, -0.1) is 0 Å². The lowest BCUT2D eigenvalue weighted by Crippen LogP contribution is -1.85. The van der Waals surface area contributed by atoms with Crippen molar-refractivity contribution in [3.8, 4) is 0 Å². The third kappa shape index (κ3) is 4.23. The predicted octanol–water partition coefficient (Wildman–Crippen LogP) is 4.95. The largest absolute Gasteiger partial charge is 0.361 e. The number of aromatic amines is 1. The molecule has 0 aliphatic carbocycles. The Bertz CT molecular complexity index is 511. The van der Waals surface area contributed by atoms with Crippen molar-refractivity contribution in [2.24, 2.45) is 4.99 Å². The van der Waals surface area contributed by atoms with E-state index in [4.69, 9.17) is 0 Å². The number of benzene rings is 1. The molecule has 1 heterocycles. The van der Waals surface area contributed by atoms with E-state index >= 15 is 0 Å². The van der Waals surface area contributed by atoms with E-state index in [2.05, 4.69) is 41.2 Å². The van der Waals surface area contributed by atoms with Gasteiger partial charge in [-0.2, -0.15) is 0 Å². The van der Waals surface area contributed by atoms with E-state index in [1.54, 1.807) is 0 Å². The predicted molar refractivity (Wildman–Crippen MR) is 84.1 cm³/mol. The normalized spacial score (nSPS) is 11.6. The Kier molecular flexibility index (Phi) is 5.67. The SMILES string of the molecule is CCCCCCCCN=Cc1c[nH]c2ccccc12. The van der Waals surface area contributed by atoms with Gasteiger partial charge < -0.3 is 4.98 Å². The van der Waals surface area contributed by atoms with Crippen LogP contribution < -0.4 is 0 Å². The van der Waals surface area contributed by atoms with Crippen LogP contribution in [0.2, 0.25) is 0 Å². The number of unbranched alkanes of at least 4 members (excludes halogenated alkanes) is 5. The van der Waals surface area contributed by atoms with Crippen LogP contribution in [0.5, 0.6) is 0 Å². The Labute approximate surface area is 116 Å². The molecule has 0 unspecified atom stereocenters. The minimum Gasteiger partial charge on any atom is -0.361 e. The fraction of sp³-hybridized carbons (Fsp3) is 0.471. The summed E-state index contributed by atoms with van der Waals surface area (Å²) in [7, 11) is 0. The van der Waals surface area contributed by atoms with Gasteiger partial charge in [-0.25, -0.2) is 0 Å². The van der Waals surface area contributed by atoms with Gasteiger partial charge in [-0.05, 0) is 12.5 Å². The van der Waals surface area contributed by atoms with Crippen LogP contribution in [0.15, 0.2) is 35.5 Å². The standard InChI is InChI=1S/C17H24N2/c1-2-3-4-5-6-9-12-18-13-15-14-19-17-11-8-7-10-16(15)17/h7-8,10-11,13-14,19H,2-6,9,12H2,1H3. The van der Waals surface area contributed by atoms with Crippen molar-refractivity contribution in [3.63, 3.8) is 0 Å². The molecule has 2 nitrogen and oxygen atoms in total. The third-order valence-corrected chi connectivity index (χ3v) is 3.49. The molecule has 2 aromatic rings. The first kappa shape index (κ1) is 13.9. The first-order valence-electron chi connectivity index (χ1n) is 7.47. The summed E-state index contributed by atoms with van der Waals surface area (Å²) < 4.78 is 0. The summed E-state index contributed by atoms with van der Waals surface area (Å²) in [5.41, 5.74) is 2.38. The number of nitrogens with zero attached hydrogens (tertiary/aromatic N) is 1. The maximum atomic E-state index is 4.54. The highest BCUT2D eigenvalue weighted by molar-refractivity contribution is 5.98. The molecule has 0 saturated heterocycles. The second-order valence-electron chi connectivity index (χ2n) is 5.09. The number of hydrogen-bond donors (Lipinski definition) is 1. The Hall–Kier alpha value is -1.57. The number of nitrogens with one attached hydrogen (secondary N) is 1. The lowest BCUT2D eigenvalue weighted by molar-refractivity contribution is 0.612. The van der Waals surface area contributed by atoms with Crippen molar-refractivity contribution >= 4 is 17.1 Å². The van der Waals surface area contributed by atoms with Crippen molar-refractivity contribution in [3.05, 3.63) is 36.0 Å². The molecule has 0 fully saturated rings. The van der Waals surface area contributed by atoms with Crippen molar-refractivity contribution in [1.82, 2.24) is 4.98 Å². The number of para-hydroxylation sites is 1. The number of H-pyrrole nitrogens is 1. The van der Waals surface area contributed by atoms with E-state index in [0.29, 0.717) is 0 Å². The van der Waals surface area contributed by atoms with Crippen LogP contribution in [0.25, 0.3) is 10.9 Å². The highest BCUT2D eigenvalue weighted by Gasteiger charge is 1.98. The molecule has 0 bridgehead atoms. The molecule has 2 heteroatoms. The quantitative estimate of drug-likeness (QED) is 0.511. The second-order valence-corrected chi connectivity index (χ2v) is 5.09. The summed E-state index contributed by atoms with van der Waals surface area (Å²) in [6, 6.07) is 8.36. The van der Waals surface area contributed by atoms with E-state index in [9.17, 15) is 0 Å². The van der Waals surface area contributed by atoms with Crippen molar-refractivity contribution < 1.29 is 0 Å². The van der Waals surface area contributed by atoms with Gasteiger partial charge in [0.05, 0.1) is 0 Å². The van der Waals surface area contributed by atoms with Crippen molar-refractivity contribution in [2.45, 2.75) is 45.4 Å². The third-order valence-electron chi connectivity index (χ3n) is 3.49. The van der Waals surface area contributed by atoms with E-state index in [0.717, 1.165) is 6.54 Å². The van der Waals surface area contributed by atoms with E-state index in [1.165, 1.54) is 55.0 Å². The van der Waals surface area contributed by atoms with Gasteiger partial charge in [0.1, 0.15) is 0 Å². The Morgan fingerprint density at radius 2 is 1.84 bits per heavy atom. The van der Waals surface area contributed by atoms with Gasteiger partial charge in [0.15, 0.2) is 0 Å². The zero-order valence-corrected chi connectivity index (χ0v) is 11.9. The van der Waals surface area contributed by atoms with Crippen LogP contribution in [-0.2, 0) is 0 Å². The summed E-state index contributed by atoms with van der Waals surface area (Å²) in [4.78, 5) is 7.81. The molecular weight excluding hydrogens is 232 g/mol. The molecule has 0 aliphatic rings. The van der Waals surface area contributed by atoms with Gasteiger partial charge in [-0.1, -0.05) is 57.2 Å².